The van der Waals surface area contributed by atoms with Crippen LogP contribution in [0.2, 0.25) is 0 Å². The van der Waals surface area contributed by atoms with Crippen LogP contribution in [-0.4, -0.2) is 41.7 Å². The normalized spacial score (nSPS) is 9.29. The zero-order valence-corrected chi connectivity index (χ0v) is 17.9. The van der Waals surface area contributed by atoms with Crippen molar-refractivity contribution in [3.05, 3.63) is 0 Å². The van der Waals surface area contributed by atoms with Crippen LogP contribution >= 0.6 is 0 Å². The third-order valence-electron chi connectivity index (χ3n) is 0.243. The maximum absolute atomic E-state index is 10.6. The van der Waals surface area contributed by atoms with Crippen LogP contribution in [0.25, 0.3) is 0 Å². The third kappa shape index (κ3) is 270. The fourth-order valence-corrected chi connectivity index (χ4v) is 0. The Kier molecular flexibility index (Phi) is 41.2. The number of carboxylic acid groups (broad SMARTS) is 1. The molecule has 0 saturated carbocycles. The van der Waals surface area contributed by atoms with E-state index in [9.17, 15) is 33.6 Å². The molecule has 0 aliphatic heterocycles. The predicted molar refractivity (Wildman–Crippen MR) is 74.2 cm³/mol. The second-order valence-electron chi connectivity index (χ2n) is 5.00. The molecular weight excluding hydrogens is 412 g/mol. The van der Waals surface area contributed by atoms with Crippen LogP contribution in [0.5, 0.6) is 0 Å². The molecule has 0 rings (SSSR count). The number of hydrogen-bond acceptors (Lipinski definition) is 5. The molecule has 0 radical (unpaired) electrons. The van der Waals surface area contributed by atoms with Crippen molar-refractivity contribution in [1.82, 2.24) is 0 Å². The van der Waals surface area contributed by atoms with E-state index >= 15 is 0 Å². The molecule has 6 nitrogen and oxygen atoms in total. The number of hydrogen-bond donors (Lipinski definition) is 1. The van der Waals surface area contributed by atoms with Crippen molar-refractivity contribution in [2.45, 2.75) is 86.0 Å². The van der Waals surface area contributed by atoms with Gasteiger partial charge >= 0.3 is 38.3 Å². The second kappa shape index (κ2) is 25.2. The average molecular weight is 442 g/mol. The van der Waals surface area contributed by atoms with Crippen LogP contribution in [-0.2, 0) is 31.0 Å². The van der Waals surface area contributed by atoms with E-state index in [-0.39, 0.29) is 26.2 Å². The number of alkyl halides is 3. The van der Waals surface area contributed by atoms with Crippen molar-refractivity contribution in [3.63, 3.8) is 0 Å². The van der Waals surface area contributed by atoms with E-state index in [0.717, 1.165) is 0 Å². The monoisotopic (exact) mass is 440 g/mol. The largest absolute Gasteiger partial charge is 4.00 e. The van der Waals surface area contributed by atoms with Crippen molar-refractivity contribution in [3.8, 4) is 0 Å². The zero-order chi connectivity index (χ0) is 20.4. The van der Waals surface area contributed by atoms with Gasteiger partial charge in [0.2, 0.25) is 0 Å². The first-order valence-electron chi connectivity index (χ1n) is 6.81. The standard InChI is InChI=1S/4C3H7O.C2HF3O2.Zr/c4*1-3(2)4;3-2(4,5)1(6)7;/h4*3H,1-2H3;(H,6,7);/q4*-1;;+4. The average Bonchev–Trinajstić information content (AvgIpc) is 2.10. The SMILES string of the molecule is CC(C)[O-].CC(C)[O-].CC(C)[O-].CC(C)[O-].O=C(O)C(F)(F)F.[Zr+4]. The van der Waals surface area contributed by atoms with Gasteiger partial charge in [0.1, 0.15) is 0 Å². The Labute approximate surface area is 161 Å². The van der Waals surface area contributed by atoms with Gasteiger partial charge in [0.25, 0.3) is 0 Å². The molecule has 0 unspecified atom stereocenters. The summed E-state index contributed by atoms with van der Waals surface area (Å²) in [5.41, 5.74) is 0. The molecule has 0 saturated heterocycles. The Bertz CT molecular complexity index is 200. The zero-order valence-electron chi connectivity index (χ0n) is 15.4. The topological polar surface area (TPSA) is 130 Å². The Morgan fingerprint density at radius 2 is 0.750 bits per heavy atom. The first-order chi connectivity index (χ1) is 9.87. The number of carboxylic acids is 1. The Balaban J connectivity index is -0.0000000429. The predicted octanol–water partition coefficient (Wildman–Crippen LogP) is -0.349. The van der Waals surface area contributed by atoms with E-state index in [1.807, 2.05) is 0 Å². The molecule has 0 spiro atoms. The summed E-state index contributed by atoms with van der Waals surface area (Å²) in [6.45, 7) is 12.9. The first-order valence-corrected chi connectivity index (χ1v) is 6.81. The summed E-state index contributed by atoms with van der Waals surface area (Å²) in [6, 6.07) is 0. The van der Waals surface area contributed by atoms with Gasteiger partial charge < -0.3 is 25.5 Å². The molecule has 0 fully saturated rings. The molecule has 0 amide bonds. The van der Waals surface area contributed by atoms with Crippen molar-refractivity contribution in [2.75, 3.05) is 0 Å². The van der Waals surface area contributed by atoms with Crippen molar-refractivity contribution >= 4 is 5.97 Å². The summed E-state index contributed by atoms with van der Waals surface area (Å²) in [7, 11) is 0. The molecule has 0 aliphatic carbocycles. The fourth-order valence-electron chi connectivity index (χ4n) is 0. The van der Waals surface area contributed by atoms with Crippen molar-refractivity contribution in [2.24, 2.45) is 0 Å². The van der Waals surface area contributed by atoms with Gasteiger partial charge in [-0.05, 0) is 0 Å². The quantitative estimate of drug-likeness (QED) is 0.547. The van der Waals surface area contributed by atoms with Crippen molar-refractivity contribution in [1.29, 1.82) is 0 Å². The van der Waals surface area contributed by atoms with Gasteiger partial charge in [-0.2, -0.15) is 13.2 Å². The van der Waals surface area contributed by atoms with E-state index in [2.05, 4.69) is 0 Å². The summed E-state index contributed by atoms with van der Waals surface area (Å²) in [5, 5.41) is 45.2. The number of carbonyl (C=O) groups is 1. The van der Waals surface area contributed by atoms with Crippen LogP contribution < -0.4 is 20.4 Å². The number of rotatable bonds is 0. The van der Waals surface area contributed by atoms with Crippen LogP contribution in [0.15, 0.2) is 0 Å². The Morgan fingerprint density at radius 1 is 0.708 bits per heavy atom. The van der Waals surface area contributed by atoms with Gasteiger partial charge in [-0.25, -0.2) is 4.79 Å². The molecule has 0 aromatic carbocycles. The van der Waals surface area contributed by atoms with Gasteiger partial charge in [-0.1, -0.05) is 55.4 Å². The fraction of sp³-hybridized carbons (Fsp3) is 0.929. The van der Waals surface area contributed by atoms with Gasteiger partial charge in [0.15, 0.2) is 0 Å². The molecular formula is C14H29F3O6Zr. The van der Waals surface area contributed by atoms with E-state index < -0.39 is 36.6 Å². The smallest absolute Gasteiger partial charge is 0.852 e. The molecule has 0 aromatic rings. The maximum atomic E-state index is 10.6. The minimum Gasteiger partial charge on any atom is -0.852 e. The van der Waals surface area contributed by atoms with E-state index in [4.69, 9.17) is 9.90 Å². The maximum Gasteiger partial charge on any atom is 4.00 e. The molecule has 0 bridgehead atoms. The molecule has 0 atom stereocenters. The van der Waals surface area contributed by atoms with Crippen LogP contribution in [0.4, 0.5) is 13.2 Å². The van der Waals surface area contributed by atoms with E-state index in [0.29, 0.717) is 0 Å². The second-order valence-corrected chi connectivity index (χ2v) is 5.00. The minimum atomic E-state index is -5.08. The molecule has 0 aliphatic rings. The number of aliphatic carboxylic acids is 1. The van der Waals surface area contributed by atoms with Gasteiger partial charge in [-0.15, -0.1) is 24.4 Å². The molecule has 10 heteroatoms. The summed E-state index contributed by atoms with van der Waals surface area (Å²) >= 11 is 0. The third-order valence-corrected chi connectivity index (χ3v) is 0.243. The van der Waals surface area contributed by atoms with Crippen LogP contribution in [0, 0.1) is 0 Å². The molecule has 146 valence electrons. The first kappa shape index (κ1) is 39.2. The summed E-state index contributed by atoms with van der Waals surface area (Å²) in [5.74, 6) is -2.76. The van der Waals surface area contributed by atoms with Crippen LogP contribution in [0.1, 0.15) is 55.4 Å². The Morgan fingerprint density at radius 3 is 0.750 bits per heavy atom. The van der Waals surface area contributed by atoms with Gasteiger partial charge in [0, 0.05) is 0 Å². The van der Waals surface area contributed by atoms with E-state index in [1.165, 1.54) is 0 Å². The summed E-state index contributed by atoms with van der Waals surface area (Å²) in [4.78, 5) is 8.90. The molecule has 0 heterocycles. The molecule has 1 N–H and O–H groups in total. The number of halogens is 3. The van der Waals surface area contributed by atoms with Gasteiger partial charge in [-0.3, -0.25) is 0 Å². The molecule has 24 heavy (non-hydrogen) atoms. The van der Waals surface area contributed by atoms with Gasteiger partial charge in [0.05, 0.1) is 0 Å². The van der Waals surface area contributed by atoms with E-state index in [1.54, 1.807) is 55.4 Å². The summed E-state index contributed by atoms with van der Waals surface area (Å²) in [6.07, 6.45) is -6.75. The van der Waals surface area contributed by atoms with Crippen LogP contribution in [0.3, 0.4) is 0 Å². The summed E-state index contributed by atoms with van der Waals surface area (Å²) < 4.78 is 31.7. The molecule has 0 aromatic heterocycles. The Hall–Kier alpha value is -0.0169. The van der Waals surface area contributed by atoms with Crippen molar-refractivity contribution < 1.29 is 69.7 Å². The minimum absolute atomic E-state index is 0.